The Morgan fingerprint density at radius 2 is 0.560 bits per heavy atom. The third-order valence-corrected chi connectivity index (χ3v) is 23.8. The predicted octanol–water partition coefficient (Wildman–Crippen LogP) is 30.2. The molecule has 22 rings (SSSR count). The highest BCUT2D eigenvalue weighted by Crippen LogP contribution is 2.56. The second-order valence-electron chi connectivity index (χ2n) is 27.4. The molecule has 16 aromatic carbocycles. The zero-order valence-corrected chi connectivity index (χ0v) is 62.3. The highest BCUT2D eigenvalue weighted by molar-refractivity contribution is 9.10. The minimum absolute atomic E-state index is 1.08. The van der Waals surface area contributed by atoms with Gasteiger partial charge in [0.25, 0.3) is 0 Å². The molecule has 0 spiro atoms. The Bertz CT molecular complexity index is 6670. The van der Waals surface area contributed by atoms with E-state index < -0.39 is 0 Å². The fourth-order valence-electron chi connectivity index (χ4n) is 16.0. The van der Waals surface area contributed by atoms with E-state index in [1.165, 1.54) is 129 Å². The minimum atomic E-state index is 1.08. The van der Waals surface area contributed by atoms with Gasteiger partial charge in [-0.25, -0.2) is 0 Å². The number of rotatable bonds is 9. The van der Waals surface area contributed by atoms with Crippen LogP contribution in [0.15, 0.2) is 405 Å². The molecule has 6 nitrogen and oxygen atoms in total. The van der Waals surface area contributed by atoms with Crippen molar-refractivity contribution in [3.8, 4) is 50.2 Å². The molecule has 6 heterocycles. The smallest absolute Gasteiger partial charge is 0.0703 e. The van der Waals surface area contributed by atoms with Crippen molar-refractivity contribution < 1.29 is 0 Å². The van der Waals surface area contributed by atoms with E-state index in [4.69, 9.17) is 0 Å². The van der Waals surface area contributed by atoms with Crippen LogP contribution >= 0.6 is 38.6 Å². The molecule has 0 atom stereocenters. The van der Waals surface area contributed by atoms with Gasteiger partial charge in [0.15, 0.2) is 0 Å². The maximum absolute atomic E-state index is 3.55. The standard InChI is InChI=1S/C50H33N3S.C26H17NS.C24H17BrN2/c1-3-12-34(13-4-1)35-14-11-15-36(32-35)37-22-28-48-42(33-37)50-41-30-31-51(43(41)27-29-49(50)54-48)38-23-25-40(26-24-38)53-46-20-9-7-18-44(46)52(39-16-5-2-6-17-39)45-19-8-10-21-47(45)53;1-2-5-17(6-3-1)18-7-4-8-19(15-18)20-9-11-24-22(16-20)26-21-13-14-27-23(21)10-12-25(26)28-24;25-18-14-16-20(17-15-18)27-23-12-6-4-10-21(23)26(19-8-2-1-3-9-19)22-11-5-7-13-24(22)27/h1-33H;1-16,27H;1-17H. The van der Waals surface area contributed by atoms with E-state index in [9.17, 15) is 0 Å². The summed E-state index contributed by atoms with van der Waals surface area (Å²) in [6.45, 7) is 0. The lowest BCUT2D eigenvalue weighted by molar-refractivity contribution is 1.12. The number of aromatic amines is 1. The molecule has 1 N–H and O–H groups in total. The number of hydrogen-bond donors (Lipinski definition) is 1. The number of para-hydroxylation sites is 10. The lowest BCUT2D eigenvalue weighted by Gasteiger charge is -2.40. The summed E-state index contributed by atoms with van der Waals surface area (Å²) in [7, 11) is 0. The number of anilines is 12. The molecule has 0 radical (unpaired) electrons. The molecule has 0 bridgehead atoms. The third kappa shape index (κ3) is 11.9. The van der Waals surface area contributed by atoms with E-state index in [0.717, 1.165) is 55.7 Å². The number of H-pyrrole nitrogens is 1. The fourth-order valence-corrected chi connectivity index (χ4v) is 18.5. The van der Waals surface area contributed by atoms with E-state index >= 15 is 0 Å². The van der Waals surface area contributed by atoms with Crippen LogP contribution < -0.4 is 19.6 Å². The molecule has 2 aliphatic rings. The average molecular weight is 1500 g/mol. The summed E-state index contributed by atoms with van der Waals surface area (Å²) in [6, 6.07) is 139. The first-order valence-corrected chi connectivity index (χ1v) is 39.1. The van der Waals surface area contributed by atoms with Crippen LogP contribution in [0.5, 0.6) is 0 Å². The molecule has 0 saturated carbocycles. The van der Waals surface area contributed by atoms with Gasteiger partial charge in [0.1, 0.15) is 0 Å². The monoisotopic (exact) mass is 1490 g/mol. The second kappa shape index (κ2) is 27.9. The van der Waals surface area contributed by atoms with Crippen molar-refractivity contribution in [2.45, 2.75) is 0 Å². The van der Waals surface area contributed by atoms with Gasteiger partial charge in [-0.2, -0.15) is 0 Å². The zero-order chi connectivity index (χ0) is 72.3. The summed E-state index contributed by atoms with van der Waals surface area (Å²) in [6.07, 6.45) is 4.25. The van der Waals surface area contributed by atoms with Gasteiger partial charge >= 0.3 is 0 Å². The van der Waals surface area contributed by atoms with Gasteiger partial charge in [-0.15, -0.1) is 22.7 Å². The maximum Gasteiger partial charge on any atom is 0.0703 e. The van der Waals surface area contributed by atoms with Crippen molar-refractivity contribution in [2.24, 2.45) is 0 Å². The largest absolute Gasteiger partial charge is 0.361 e. The second-order valence-corrected chi connectivity index (χ2v) is 30.5. The summed E-state index contributed by atoms with van der Waals surface area (Å²) in [4.78, 5) is 12.8. The van der Waals surface area contributed by atoms with Crippen molar-refractivity contribution in [3.05, 3.63) is 405 Å². The fraction of sp³-hybridized carbons (Fsp3) is 0. The summed E-state index contributed by atoms with van der Waals surface area (Å²) in [5, 5.41) is 7.92. The number of nitrogens with zero attached hydrogens (tertiary/aromatic N) is 5. The van der Waals surface area contributed by atoms with Gasteiger partial charge in [-0.1, -0.05) is 210 Å². The molecule has 0 unspecified atom stereocenters. The van der Waals surface area contributed by atoms with E-state index in [1.54, 1.807) is 0 Å². The lowest BCUT2D eigenvalue weighted by atomic mass is 9.97. The zero-order valence-electron chi connectivity index (χ0n) is 59.0. The van der Waals surface area contributed by atoms with Crippen LogP contribution in [0.3, 0.4) is 0 Å². The molecule has 20 aromatic rings. The maximum atomic E-state index is 3.55. The topological polar surface area (TPSA) is 33.7 Å². The highest BCUT2D eigenvalue weighted by Gasteiger charge is 2.32. The van der Waals surface area contributed by atoms with Gasteiger partial charge in [0.05, 0.1) is 51.0 Å². The molecular formula is C100H67BrN6S2. The van der Waals surface area contributed by atoms with E-state index in [1.807, 2.05) is 28.9 Å². The molecule has 516 valence electrons. The number of halogens is 1. The van der Waals surface area contributed by atoms with Crippen LogP contribution in [-0.2, 0) is 0 Å². The molecule has 9 heteroatoms. The number of aromatic nitrogens is 2. The summed E-state index contributed by atoms with van der Waals surface area (Å²) >= 11 is 7.29. The summed E-state index contributed by atoms with van der Waals surface area (Å²) in [5.41, 5.74) is 27.4. The first kappa shape index (κ1) is 65.3. The SMILES string of the molecule is Brc1ccc(N2c3ccccc3N(c3ccccc3)c3ccccc32)cc1.c1ccc(-c2cccc(-c3ccc4sc5ccc6[nH]ccc6c5c4c3)c2)cc1.c1ccc(-c2cccc(-c3ccc4sc5ccc6c(ccn6-c6ccc(N7c8ccccc8N(c8ccccc8)c8ccccc87)cc6)c5c4c3)c2)cc1. The Morgan fingerprint density at radius 3 is 0.991 bits per heavy atom. The van der Waals surface area contributed by atoms with Crippen LogP contribution in [0.2, 0.25) is 0 Å². The number of fused-ring (bicyclic) bond motifs is 14. The van der Waals surface area contributed by atoms with Crippen molar-refractivity contribution in [1.82, 2.24) is 9.55 Å². The van der Waals surface area contributed by atoms with Gasteiger partial charge in [0.2, 0.25) is 0 Å². The molecule has 0 saturated heterocycles. The van der Waals surface area contributed by atoms with Crippen molar-refractivity contribution in [1.29, 1.82) is 0 Å². The quantitative estimate of drug-likeness (QED) is 0.156. The summed E-state index contributed by atoms with van der Waals surface area (Å²) in [5.74, 6) is 0. The van der Waals surface area contributed by atoms with Crippen molar-refractivity contribution in [2.75, 3.05) is 19.6 Å². The van der Waals surface area contributed by atoms with Gasteiger partial charge in [-0.05, 0) is 239 Å². The van der Waals surface area contributed by atoms with Crippen LogP contribution in [0.4, 0.5) is 68.2 Å². The van der Waals surface area contributed by atoms with Gasteiger partial charge in [-0.3, -0.25) is 0 Å². The Morgan fingerprint density at radius 1 is 0.229 bits per heavy atom. The van der Waals surface area contributed by atoms with Crippen LogP contribution in [-0.4, -0.2) is 9.55 Å². The van der Waals surface area contributed by atoms with E-state index in [2.05, 4.69) is 440 Å². The Kier molecular flexibility index (Phi) is 16.7. The van der Waals surface area contributed by atoms with Crippen LogP contribution in [0.25, 0.3) is 112 Å². The first-order chi connectivity index (χ1) is 54.0. The molecule has 4 aromatic heterocycles. The van der Waals surface area contributed by atoms with Gasteiger partial charge < -0.3 is 29.2 Å². The average Bonchev–Trinajstić information content (AvgIpc) is 1.61. The van der Waals surface area contributed by atoms with Crippen molar-refractivity contribution >= 4 is 169 Å². The molecule has 2 aliphatic heterocycles. The molecule has 0 aliphatic carbocycles. The van der Waals surface area contributed by atoms with Gasteiger partial charge in [0, 0.05) is 102 Å². The number of hydrogen-bond acceptors (Lipinski definition) is 6. The normalized spacial score (nSPS) is 12.2. The Labute approximate surface area is 648 Å². The Hall–Kier alpha value is -13.3. The van der Waals surface area contributed by atoms with E-state index in [0.29, 0.717) is 0 Å². The highest BCUT2D eigenvalue weighted by atomic mass is 79.9. The van der Waals surface area contributed by atoms with Crippen molar-refractivity contribution in [3.63, 3.8) is 0 Å². The Balaban J connectivity index is 0.000000119. The molecule has 0 fully saturated rings. The first-order valence-electron chi connectivity index (χ1n) is 36.7. The summed E-state index contributed by atoms with van der Waals surface area (Å²) < 4.78 is 8.71. The number of nitrogens with one attached hydrogen (secondary N) is 1. The lowest BCUT2D eigenvalue weighted by Crippen LogP contribution is -2.23. The van der Waals surface area contributed by atoms with Crippen LogP contribution in [0, 0.1) is 0 Å². The molecule has 109 heavy (non-hydrogen) atoms. The van der Waals surface area contributed by atoms with E-state index in [-0.39, 0.29) is 0 Å². The minimum Gasteiger partial charge on any atom is -0.361 e. The number of benzene rings is 16. The number of thiophene rings is 2. The third-order valence-electron chi connectivity index (χ3n) is 21.0. The van der Waals surface area contributed by atoms with Crippen LogP contribution in [0.1, 0.15) is 0 Å². The molecular weight excluding hydrogens is 1430 g/mol. The predicted molar refractivity (Wildman–Crippen MR) is 469 cm³/mol. The molecule has 0 amide bonds.